The number of benzene rings is 2. The molecule has 1 atom stereocenters. The molecule has 154 valence electrons. The number of para-hydroxylation sites is 2. The summed E-state index contributed by atoms with van der Waals surface area (Å²) in [6.45, 7) is 5.60. The molecule has 2 aromatic carbocycles. The first kappa shape index (κ1) is 19.6. The zero-order valence-corrected chi connectivity index (χ0v) is 17.1. The lowest BCUT2D eigenvalue weighted by Gasteiger charge is -2.31. The third-order valence-electron chi connectivity index (χ3n) is 5.12. The van der Waals surface area contributed by atoms with Crippen molar-refractivity contribution < 1.29 is 19.0 Å². The molecule has 0 unspecified atom stereocenters. The van der Waals surface area contributed by atoms with E-state index in [9.17, 15) is 4.79 Å². The van der Waals surface area contributed by atoms with Gasteiger partial charge in [0.15, 0.2) is 0 Å². The number of imidazole rings is 1. The third kappa shape index (κ3) is 3.18. The molecular weight excluding hydrogens is 382 g/mol. The molecule has 7 heteroatoms. The number of hydrogen-bond acceptors (Lipinski definition) is 6. The van der Waals surface area contributed by atoms with Crippen LogP contribution < -0.4 is 14.8 Å². The van der Waals surface area contributed by atoms with E-state index >= 15 is 0 Å². The van der Waals surface area contributed by atoms with Crippen LogP contribution in [0.25, 0.3) is 11.0 Å². The lowest BCUT2D eigenvalue weighted by Crippen LogP contribution is -2.29. The predicted octanol–water partition coefficient (Wildman–Crippen LogP) is 4.07. The number of aromatic nitrogens is 2. The number of fused-ring (bicyclic) bond motifs is 3. The topological polar surface area (TPSA) is 74.6 Å². The fourth-order valence-electron chi connectivity index (χ4n) is 3.78. The second-order valence-corrected chi connectivity index (χ2v) is 6.86. The molecule has 1 N–H and O–H groups in total. The molecule has 1 aromatic heterocycles. The molecule has 0 bridgehead atoms. The van der Waals surface area contributed by atoms with E-state index in [4.69, 9.17) is 19.2 Å². The van der Waals surface area contributed by atoms with Crippen LogP contribution in [0.5, 0.6) is 11.5 Å². The van der Waals surface area contributed by atoms with Gasteiger partial charge in [-0.05, 0) is 31.2 Å². The highest BCUT2D eigenvalue weighted by molar-refractivity contribution is 5.94. The smallest absolute Gasteiger partial charge is 0.338 e. The first-order valence-corrected chi connectivity index (χ1v) is 9.53. The maximum atomic E-state index is 13.1. The molecule has 30 heavy (non-hydrogen) atoms. The van der Waals surface area contributed by atoms with Crippen molar-refractivity contribution in [2.24, 2.45) is 0 Å². The summed E-state index contributed by atoms with van der Waals surface area (Å²) in [7, 11) is 3.20. The molecule has 0 amide bonds. The van der Waals surface area contributed by atoms with E-state index in [0.29, 0.717) is 28.7 Å². The van der Waals surface area contributed by atoms with Crippen molar-refractivity contribution >= 4 is 23.0 Å². The Morgan fingerprint density at radius 3 is 2.77 bits per heavy atom. The number of carbonyl (C=O) groups excluding carboxylic acids is 1. The van der Waals surface area contributed by atoms with Crippen LogP contribution in [0.2, 0.25) is 0 Å². The van der Waals surface area contributed by atoms with E-state index in [2.05, 4.69) is 11.9 Å². The van der Waals surface area contributed by atoms with Gasteiger partial charge in [0.05, 0.1) is 36.9 Å². The van der Waals surface area contributed by atoms with E-state index in [-0.39, 0.29) is 6.61 Å². The lowest BCUT2D eigenvalue weighted by atomic mass is 9.94. The van der Waals surface area contributed by atoms with Gasteiger partial charge in [-0.3, -0.25) is 4.57 Å². The molecular formula is C23H23N3O4. The van der Waals surface area contributed by atoms with E-state index < -0.39 is 12.0 Å². The fraction of sp³-hybridized carbons (Fsp3) is 0.217. The number of anilines is 1. The number of hydrogen-bond donors (Lipinski definition) is 1. The first-order chi connectivity index (χ1) is 14.6. The van der Waals surface area contributed by atoms with Crippen LogP contribution in [0.1, 0.15) is 18.5 Å². The van der Waals surface area contributed by atoms with Crippen LogP contribution in [-0.4, -0.2) is 36.3 Å². The monoisotopic (exact) mass is 405 g/mol. The lowest BCUT2D eigenvalue weighted by molar-refractivity contribution is -0.138. The maximum Gasteiger partial charge on any atom is 0.338 e. The third-order valence-corrected chi connectivity index (χ3v) is 5.12. The number of nitrogens with zero attached hydrogens (tertiary/aromatic N) is 2. The van der Waals surface area contributed by atoms with Crippen molar-refractivity contribution in [3.63, 3.8) is 0 Å². The number of carbonyl (C=O) groups is 1. The quantitative estimate of drug-likeness (QED) is 0.492. The van der Waals surface area contributed by atoms with E-state index in [1.54, 1.807) is 26.4 Å². The summed E-state index contributed by atoms with van der Waals surface area (Å²) in [5.74, 6) is 1.49. The van der Waals surface area contributed by atoms with Crippen molar-refractivity contribution in [3.05, 3.63) is 72.0 Å². The number of nitrogens with one attached hydrogen (secondary N) is 1. The minimum Gasteiger partial charge on any atom is -0.497 e. The Morgan fingerprint density at radius 2 is 2.03 bits per heavy atom. The normalized spacial score (nSPS) is 15.4. The fourth-order valence-corrected chi connectivity index (χ4v) is 3.78. The summed E-state index contributed by atoms with van der Waals surface area (Å²) in [6, 6.07) is 12.9. The highest BCUT2D eigenvalue weighted by atomic mass is 16.5. The Hall–Kier alpha value is -3.74. The van der Waals surface area contributed by atoms with Crippen LogP contribution in [0, 0.1) is 0 Å². The average Bonchev–Trinajstić information content (AvgIpc) is 3.13. The van der Waals surface area contributed by atoms with Crippen molar-refractivity contribution in [1.82, 2.24) is 9.55 Å². The van der Waals surface area contributed by atoms with Crippen molar-refractivity contribution in [2.75, 3.05) is 26.1 Å². The summed E-state index contributed by atoms with van der Waals surface area (Å²) >= 11 is 0. The summed E-state index contributed by atoms with van der Waals surface area (Å²) in [5, 5.41) is 3.26. The van der Waals surface area contributed by atoms with Gasteiger partial charge in [0, 0.05) is 17.3 Å². The summed E-state index contributed by atoms with van der Waals surface area (Å²) < 4.78 is 18.4. The Labute approximate surface area is 174 Å². The molecule has 1 aliphatic rings. The van der Waals surface area contributed by atoms with Gasteiger partial charge in [0.2, 0.25) is 5.95 Å². The van der Waals surface area contributed by atoms with Crippen molar-refractivity contribution in [3.8, 4) is 11.5 Å². The molecule has 0 radical (unpaired) electrons. The van der Waals surface area contributed by atoms with Crippen molar-refractivity contribution in [2.45, 2.75) is 13.0 Å². The molecule has 4 rings (SSSR count). The predicted molar refractivity (Wildman–Crippen MR) is 115 cm³/mol. The molecule has 7 nitrogen and oxygen atoms in total. The second-order valence-electron chi connectivity index (χ2n) is 6.86. The van der Waals surface area contributed by atoms with Gasteiger partial charge >= 0.3 is 5.97 Å². The van der Waals surface area contributed by atoms with Gasteiger partial charge in [-0.25, -0.2) is 9.78 Å². The number of methoxy groups -OCH3 is 2. The molecule has 0 aliphatic carbocycles. The first-order valence-electron chi connectivity index (χ1n) is 9.53. The van der Waals surface area contributed by atoms with Crippen molar-refractivity contribution in [1.29, 1.82) is 0 Å². The molecule has 1 aliphatic heterocycles. The Balaban J connectivity index is 1.98. The van der Waals surface area contributed by atoms with E-state index in [1.165, 1.54) is 0 Å². The Bertz CT molecular complexity index is 1160. The van der Waals surface area contributed by atoms with E-state index in [0.717, 1.165) is 16.6 Å². The zero-order chi connectivity index (χ0) is 21.3. The number of ether oxygens (including phenoxy) is 3. The van der Waals surface area contributed by atoms with Crippen LogP contribution in [0.4, 0.5) is 5.95 Å². The number of esters is 1. The molecule has 0 saturated carbocycles. The van der Waals surface area contributed by atoms with Crippen LogP contribution in [-0.2, 0) is 9.53 Å². The summed E-state index contributed by atoms with van der Waals surface area (Å²) in [6.07, 6.45) is 1.55. The minimum absolute atomic E-state index is 0.125. The standard InChI is InChI=1S/C23H23N3O4/c1-5-12-30-22(27)20-14(2)24-23-25-17-8-6-7-9-18(17)26(23)21(20)16-11-10-15(28-3)13-19(16)29-4/h5-11,13,21H,1,12H2,2-4H3,(H,24,25)/t21-/m1/s1. The van der Waals surface area contributed by atoms with Crippen LogP contribution >= 0.6 is 0 Å². The van der Waals surface area contributed by atoms with Crippen LogP contribution in [0.15, 0.2) is 66.4 Å². The summed E-state index contributed by atoms with van der Waals surface area (Å²) in [5.41, 5.74) is 3.68. The molecule has 0 saturated heterocycles. The molecule has 0 fully saturated rings. The van der Waals surface area contributed by atoms with Crippen LogP contribution in [0.3, 0.4) is 0 Å². The Kier molecular flexibility index (Phi) is 5.18. The largest absolute Gasteiger partial charge is 0.497 e. The second kappa shape index (κ2) is 7.94. The van der Waals surface area contributed by atoms with Gasteiger partial charge in [0.25, 0.3) is 0 Å². The molecule has 2 heterocycles. The number of allylic oxidation sites excluding steroid dienone is 1. The summed E-state index contributed by atoms with van der Waals surface area (Å²) in [4.78, 5) is 17.8. The maximum absolute atomic E-state index is 13.1. The SMILES string of the molecule is C=CCOC(=O)C1=C(C)Nc2nc3ccccc3n2[C@@H]1c1ccc(OC)cc1OC. The molecule has 0 spiro atoms. The minimum atomic E-state index is -0.494. The van der Waals surface area contributed by atoms with Gasteiger partial charge in [-0.15, -0.1) is 0 Å². The Morgan fingerprint density at radius 1 is 1.23 bits per heavy atom. The molecule has 3 aromatic rings. The van der Waals surface area contributed by atoms with E-state index in [1.807, 2.05) is 47.9 Å². The average molecular weight is 405 g/mol. The highest BCUT2D eigenvalue weighted by Gasteiger charge is 2.36. The van der Waals surface area contributed by atoms with Gasteiger partial charge in [-0.2, -0.15) is 0 Å². The van der Waals surface area contributed by atoms with Gasteiger partial charge < -0.3 is 19.5 Å². The van der Waals surface area contributed by atoms with Gasteiger partial charge in [-0.1, -0.05) is 24.8 Å². The number of rotatable bonds is 6. The van der Waals surface area contributed by atoms with Gasteiger partial charge in [0.1, 0.15) is 18.1 Å². The zero-order valence-electron chi connectivity index (χ0n) is 17.1. The highest BCUT2D eigenvalue weighted by Crippen LogP contribution is 2.43.